The molecule has 0 radical (unpaired) electrons. The van der Waals surface area contributed by atoms with Crippen LogP contribution < -0.4 is 10.6 Å². The molecule has 1 aromatic rings. The summed E-state index contributed by atoms with van der Waals surface area (Å²) < 4.78 is 12.5. The Morgan fingerprint density at radius 2 is 2.00 bits per heavy atom. The van der Waals surface area contributed by atoms with Crippen LogP contribution in [0.3, 0.4) is 0 Å². The summed E-state index contributed by atoms with van der Waals surface area (Å²) in [5.41, 5.74) is 1.13. The normalized spacial score (nSPS) is 17.0. The monoisotopic (exact) mass is 180 g/mol. The Balaban J connectivity index is 1.83. The summed E-state index contributed by atoms with van der Waals surface area (Å²) in [5, 5.41) is 6.55. The predicted molar refractivity (Wildman–Crippen MR) is 49.9 cm³/mol. The lowest BCUT2D eigenvalue weighted by molar-refractivity contribution is 0.365. The van der Waals surface area contributed by atoms with E-state index >= 15 is 0 Å². The van der Waals surface area contributed by atoms with Gasteiger partial charge in [-0.25, -0.2) is 4.39 Å². The van der Waals surface area contributed by atoms with Gasteiger partial charge in [-0.15, -0.1) is 0 Å². The highest BCUT2D eigenvalue weighted by atomic mass is 19.1. The van der Waals surface area contributed by atoms with Crippen LogP contribution in [0, 0.1) is 5.82 Å². The molecule has 0 spiro atoms. The lowest BCUT2D eigenvalue weighted by Crippen LogP contribution is -2.54. The standard InChI is InChI=1S/C10H13FN2/c11-9-3-1-8(2-4-9)5-13-10-6-12-7-10/h1-4,10,12-13H,5-7H2. The number of halogens is 1. The molecule has 2 rings (SSSR count). The van der Waals surface area contributed by atoms with Crippen molar-refractivity contribution >= 4 is 0 Å². The third-order valence-electron chi connectivity index (χ3n) is 2.29. The lowest BCUT2D eigenvalue weighted by Gasteiger charge is -2.28. The fourth-order valence-electron chi connectivity index (χ4n) is 1.30. The zero-order valence-electron chi connectivity index (χ0n) is 7.39. The van der Waals surface area contributed by atoms with Crippen LogP contribution in [-0.4, -0.2) is 19.1 Å². The lowest BCUT2D eigenvalue weighted by atomic mass is 10.1. The molecule has 3 heteroatoms. The first kappa shape index (κ1) is 8.66. The second-order valence-corrected chi connectivity index (χ2v) is 3.36. The Morgan fingerprint density at radius 3 is 2.54 bits per heavy atom. The molecule has 0 bridgehead atoms. The van der Waals surface area contributed by atoms with Crippen LogP contribution in [0.15, 0.2) is 24.3 Å². The molecule has 1 aliphatic rings. The number of hydrogen-bond donors (Lipinski definition) is 2. The molecule has 1 fully saturated rings. The summed E-state index contributed by atoms with van der Waals surface area (Å²) in [6.07, 6.45) is 0. The largest absolute Gasteiger partial charge is 0.314 e. The number of rotatable bonds is 3. The molecule has 0 atom stereocenters. The van der Waals surface area contributed by atoms with Crippen LogP contribution in [0.2, 0.25) is 0 Å². The first-order chi connectivity index (χ1) is 6.34. The van der Waals surface area contributed by atoms with Gasteiger partial charge in [-0.2, -0.15) is 0 Å². The van der Waals surface area contributed by atoms with Crippen LogP contribution in [0.4, 0.5) is 4.39 Å². The Morgan fingerprint density at radius 1 is 1.31 bits per heavy atom. The van der Waals surface area contributed by atoms with Gasteiger partial charge in [0.2, 0.25) is 0 Å². The van der Waals surface area contributed by atoms with E-state index in [9.17, 15) is 4.39 Å². The van der Waals surface area contributed by atoms with Crippen LogP contribution in [0.25, 0.3) is 0 Å². The van der Waals surface area contributed by atoms with Gasteiger partial charge in [0.05, 0.1) is 0 Å². The van der Waals surface area contributed by atoms with Crippen LogP contribution >= 0.6 is 0 Å². The third kappa shape index (κ3) is 2.26. The van der Waals surface area contributed by atoms with E-state index in [1.807, 2.05) is 12.1 Å². The van der Waals surface area contributed by atoms with Crippen molar-refractivity contribution in [1.29, 1.82) is 0 Å². The predicted octanol–water partition coefficient (Wildman–Crippen LogP) is 0.887. The quantitative estimate of drug-likeness (QED) is 0.721. The maximum absolute atomic E-state index is 12.5. The topological polar surface area (TPSA) is 24.1 Å². The van der Waals surface area contributed by atoms with E-state index in [1.54, 1.807) is 0 Å². The summed E-state index contributed by atoms with van der Waals surface area (Å²) in [7, 11) is 0. The molecule has 2 N–H and O–H groups in total. The van der Waals surface area contributed by atoms with E-state index in [4.69, 9.17) is 0 Å². The van der Waals surface area contributed by atoms with Gasteiger partial charge in [0.1, 0.15) is 5.82 Å². The molecule has 1 aliphatic heterocycles. The van der Waals surface area contributed by atoms with Crippen LogP contribution in [0.1, 0.15) is 5.56 Å². The average Bonchev–Trinajstić information content (AvgIpc) is 2.05. The van der Waals surface area contributed by atoms with Gasteiger partial charge in [0, 0.05) is 25.7 Å². The Labute approximate surface area is 77.2 Å². The zero-order chi connectivity index (χ0) is 9.10. The molecule has 2 nitrogen and oxygen atoms in total. The molecule has 0 unspecified atom stereocenters. The minimum Gasteiger partial charge on any atom is -0.314 e. The molecule has 0 aliphatic carbocycles. The van der Waals surface area contributed by atoms with Crippen molar-refractivity contribution in [2.75, 3.05) is 13.1 Å². The van der Waals surface area contributed by atoms with Gasteiger partial charge in [-0.3, -0.25) is 0 Å². The van der Waals surface area contributed by atoms with E-state index in [0.29, 0.717) is 6.04 Å². The maximum atomic E-state index is 12.5. The van der Waals surface area contributed by atoms with Crippen molar-refractivity contribution in [3.05, 3.63) is 35.6 Å². The number of benzene rings is 1. The Hall–Kier alpha value is -0.930. The summed E-state index contributed by atoms with van der Waals surface area (Å²) >= 11 is 0. The number of nitrogens with one attached hydrogen (secondary N) is 2. The molecule has 1 saturated heterocycles. The van der Waals surface area contributed by atoms with E-state index < -0.39 is 0 Å². The van der Waals surface area contributed by atoms with E-state index in [-0.39, 0.29) is 5.82 Å². The zero-order valence-corrected chi connectivity index (χ0v) is 7.39. The maximum Gasteiger partial charge on any atom is 0.123 e. The van der Waals surface area contributed by atoms with Gasteiger partial charge in [0.25, 0.3) is 0 Å². The van der Waals surface area contributed by atoms with Crippen molar-refractivity contribution in [2.24, 2.45) is 0 Å². The van der Waals surface area contributed by atoms with Gasteiger partial charge in [-0.05, 0) is 17.7 Å². The second-order valence-electron chi connectivity index (χ2n) is 3.36. The molecule has 1 heterocycles. The summed E-state index contributed by atoms with van der Waals surface area (Å²) in [6, 6.07) is 7.21. The summed E-state index contributed by atoms with van der Waals surface area (Å²) in [5.74, 6) is -0.172. The first-order valence-electron chi connectivity index (χ1n) is 4.53. The molecular weight excluding hydrogens is 167 g/mol. The van der Waals surface area contributed by atoms with Crippen molar-refractivity contribution in [3.63, 3.8) is 0 Å². The van der Waals surface area contributed by atoms with Gasteiger partial charge < -0.3 is 10.6 Å². The van der Waals surface area contributed by atoms with Crippen molar-refractivity contribution in [1.82, 2.24) is 10.6 Å². The first-order valence-corrected chi connectivity index (χ1v) is 4.53. The van der Waals surface area contributed by atoms with Crippen LogP contribution in [0.5, 0.6) is 0 Å². The number of hydrogen-bond acceptors (Lipinski definition) is 2. The molecule has 70 valence electrons. The SMILES string of the molecule is Fc1ccc(CNC2CNC2)cc1. The van der Waals surface area contributed by atoms with Gasteiger partial charge in [0.15, 0.2) is 0 Å². The van der Waals surface area contributed by atoms with E-state index in [2.05, 4.69) is 10.6 Å². The van der Waals surface area contributed by atoms with E-state index in [0.717, 1.165) is 25.2 Å². The highest BCUT2D eigenvalue weighted by molar-refractivity contribution is 5.15. The Bertz CT molecular complexity index is 267. The fraction of sp³-hybridized carbons (Fsp3) is 0.400. The van der Waals surface area contributed by atoms with Crippen molar-refractivity contribution < 1.29 is 4.39 Å². The second kappa shape index (κ2) is 3.85. The minimum atomic E-state index is -0.172. The summed E-state index contributed by atoms with van der Waals surface area (Å²) in [6.45, 7) is 2.91. The highest BCUT2D eigenvalue weighted by Gasteiger charge is 2.14. The van der Waals surface area contributed by atoms with Gasteiger partial charge >= 0.3 is 0 Å². The van der Waals surface area contributed by atoms with Crippen LogP contribution in [-0.2, 0) is 6.54 Å². The molecule has 1 aromatic carbocycles. The molecule has 0 saturated carbocycles. The van der Waals surface area contributed by atoms with Gasteiger partial charge in [-0.1, -0.05) is 12.1 Å². The molecular formula is C10H13FN2. The average molecular weight is 180 g/mol. The summed E-state index contributed by atoms with van der Waals surface area (Å²) in [4.78, 5) is 0. The molecule has 13 heavy (non-hydrogen) atoms. The van der Waals surface area contributed by atoms with E-state index in [1.165, 1.54) is 12.1 Å². The Kier molecular flexibility index (Phi) is 2.57. The minimum absolute atomic E-state index is 0.172. The van der Waals surface area contributed by atoms with Crippen molar-refractivity contribution in [3.8, 4) is 0 Å². The highest BCUT2D eigenvalue weighted by Crippen LogP contribution is 2.03. The molecule has 0 aromatic heterocycles. The smallest absolute Gasteiger partial charge is 0.123 e. The third-order valence-corrected chi connectivity index (χ3v) is 2.29. The fourth-order valence-corrected chi connectivity index (χ4v) is 1.30. The molecule has 0 amide bonds. The van der Waals surface area contributed by atoms with Crippen molar-refractivity contribution in [2.45, 2.75) is 12.6 Å².